The van der Waals surface area contributed by atoms with Crippen LogP contribution < -0.4 is 0 Å². The topological polar surface area (TPSA) is 75.5 Å². The van der Waals surface area contributed by atoms with E-state index in [4.69, 9.17) is 0 Å². The van der Waals surface area contributed by atoms with Gasteiger partial charge in [0.25, 0.3) is 0 Å². The van der Waals surface area contributed by atoms with Crippen LogP contribution >= 0.6 is 0 Å². The number of sulfonamides is 1. The molecule has 0 saturated carbocycles. The summed E-state index contributed by atoms with van der Waals surface area (Å²) >= 11 is 0. The van der Waals surface area contributed by atoms with E-state index in [1.165, 1.54) is 21.3 Å². The Hall–Kier alpha value is -3.30. The Morgan fingerprint density at radius 2 is 1.71 bits per heavy atom. The molecule has 1 aliphatic heterocycles. The van der Waals surface area contributed by atoms with Crippen LogP contribution in [0.2, 0.25) is 0 Å². The highest BCUT2D eigenvalue weighted by Crippen LogP contribution is 2.46. The van der Waals surface area contributed by atoms with Crippen molar-refractivity contribution in [3.05, 3.63) is 82.9 Å². The molecule has 0 spiro atoms. The molecule has 2 aliphatic rings. The summed E-state index contributed by atoms with van der Waals surface area (Å²) in [5.74, 6) is -0.461. The maximum absolute atomic E-state index is 13.8. The molecule has 2 aromatic carbocycles. The number of benzene rings is 2. The van der Waals surface area contributed by atoms with Crippen LogP contribution in [0.1, 0.15) is 44.0 Å². The van der Waals surface area contributed by atoms with Crippen molar-refractivity contribution in [2.45, 2.75) is 43.9 Å². The first-order chi connectivity index (χ1) is 17.8. The molecule has 0 N–H and O–H groups in total. The van der Waals surface area contributed by atoms with E-state index in [2.05, 4.69) is 25.9 Å². The Morgan fingerprint density at radius 3 is 2.32 bits per heavy atom. The van der Waals surface area contributed by atoms with Gasteiger partial charge in [0.2, 0.25) is 15.9 Å². The highest BCUT2D eigenvalue weighted by atomic mass is 32.2. The minimum Gasteiger partial charge on any atom is -0.348 e. The highest BCUT2D eigenvalue weighted by Gasteiger charge is 2.51. The van der Waals surface area contributed by atoms with Gasteiger partial charge in [-0.1, -0.05) is 32.9 Å². The van der Waals surface area contributed by atoms with Crippen LogP contribution in [0.15, 0.2) is 65.2 Å². The molecule has 1 atom stereocenters. The van der Waals surface area contributed by atoms with Gasteiger partial charge in [-0.3, -0.25) is 4.79 Å². The van der Waals surface area contributed by atoms with Crippen molar-refractivity contribution in [1.29, 1.82) is 0 Å². The summed E-state index contributed by atoms with van der Waals surface area (Å²) in [4.78, 5) is 15.5. The lowest BCUT2D eigenvalue weighted by atomic mass is 9.68. The van der Waals surface area contributed by atoms with Gasteiger partial charge in [0.05, 0.1) is 27.9 Å². The third-order valence-electron chi connectivity index (χ3n) is 7.63. The summed E-state index contributed by atoms with van der Waals surface area (Å²) in [6.45, 7) is 6.58. The molecule has 9 heteroatoms. The van der Waals surface area contributed by atoms with E-state index in [0.29, 0.717) is 12.8 Å². The molecule has 1 amide bonds. The number of hydrogen-bond acceptors (Lipinski definition) is 4. The second-order valence-corrected chi connectivity index (χ2v) is 13.4. The fraction of sp³-hybridized carbons (Fsp3) is 0.379. The van der Waals surface area contributed by atoms with Crippen LogP contribution in [-0.4, -0.2) is 60.5 Å². The first-order valence-corrected chi connectivity index (χ1v) is 14.1. The minimum atomic E-state index is -3.81. The lowest BCUT2D eigenvalue weighted by molar-refractivity contribution is -0.138. The van der Waals surface area contributed by atoms with Crippen LogP contribution in [-0.2, 0) is 26.7 Å². The number of amides is 1. The quantitative estimate of drug-likeness (QED) is 0.495. The maximum atomic E-state index is 13.8. The van der Waals surface area contributed by atoms with Crippen molar-refractivity contribution < 1.29 is 17.6 Å². The second-order valence-electron chi connectivity index (χ2n) is 11.4. The van der Waals surface area contributed by atoms with Gasteiger partial charge < -0.3 is 4.90 Å². The van der Waals surface area contributed by atoms with Crippen LogP contribution in [0.5, 0.6) is 0 Å². The van der Waals surface area contributed by atoms with Gasteiger partial charge >= 0.3 is 0 Å². The van der Waals surface area contributed by atoms with Crippen molar-refractivity contribution in [2.75, 3.05) is 27.2 Å². The summed E-state index contributed by atoms with van der Waals surface area (Å²) in [6, 6.07) is 13.1. The normalized spacial score (nSPS) is 19.9. The minimum absolute atomic E-state index is 0.0559. The van der Waals surface area contributed by atoms with E-state index in [1.807, 2.05) is 18.2 Å². The standard InChI is InChI=1S/C29H33FN4O3S/c1-28(2,3)21-6-12-25(13-7-21)38(36,37)33-15-14-22-16-26-20(17-29(22,19-33)27(35)32(4)5)18-31-34(26)24-10-8-23(30)9-11-24/h6-13,16,18H,14-15,17,19H2,1-5H3/t29-/m0/s1. The fourth-order valence-corrected chi connectivity index (χ4v) is 7.00. The van der Waals surface area contributed by atoms with Crippen LogP contribution in [0.3, 0.4) is 0 Å². The Labute approximate surface area is 223 Å². The number of nitrogens with zero attached hydrogens (tertiary/aromatic N) is 4. The smallest absolute Gasteiger partial charge is 0.243 e. The number of fused-ring (bicyclic) bond motifs is 2. The molecule has 5 rings (SSSR count). The molecular weight excluding hydrogens is 503 g/mol. The Kier molecular flexibility index (Phi) is 6.35. The monoisotopic (exact) mass is 536 g/mol. The van der Waals surface area contributed by atoms with Gasteiger partial charge in [-0.25, -0.2) is 17.5 Å². The molecule has 38 heavy (non-hydrogen) atoms. The predicted molar refractivity (Wildman–Crippen MR) is 145 cm³/mol. The van der Waals surface area contributed by atoms with Crippen molar-refractivity contribution in [3.8, 4) is 5.69 Å². The molecule has 200 valence electrons. The second kappa shape index (κ2) is 9.17. The first-order valence-electron chi connectivity index (χ1n) is 12.7. The van der Waals surface area contributed by atoms with E-state index in [0.717, 1.165) is 28.1 Å². The molecule has 0 unspecified atom stereocenters. The number of rotatable bonds is 4. The largest absolute Gasteiger partial charge is 0.348 e. The predicted octanol–water partition coefficient (Wildman–Crippen LogP) is 4.42. The van der Waals surface area contributed by atoms with Crippen LogP contribution in [0.25, 0.3) is 11.8 Å². The van der Waals surface area contributed by atoms with E-state index in [1.54, 1.807) is 49.2 Å². The zero-order valence-electron chi connectivity index (χ0n) is 22.4. The van der Waals surface area contributed by atoms with Crippen molar-refractivity contribution in [2.24, 2.45) is 5.41 Å². The molecule has 1 aromatic heterocycles. The fourth-order valence-electron chi connectivity index (χ4n) is 5.50. The average molecular weight is 537 g/mol. The van der Waals surface area contributed by atoms with Gasteiger partial charge in [0, 0.05) is 27.2 Å². The number of aromatic nitrogens is 2. The van der Waals surface area contributed by atoms with Gasteiger partial charge in [-0.2, -0.15) is 9.40 Å². The molecule has 1 fully saturated rings. The van der Waals surface area contributed by atoms with Crippen LogP contribution in [0, 0.1) is 11.2 Å². The maximum Gasteiger partial charge on any atom is 0.243 e. The third kappa shape index (κ3) is 4.37. The number of carbonyl (C=O) groups is 1. The molecule has 1 saturated heterocycles. The van der Waals surface area contributed by atoms with E-state index < -0.39 is 15.4 Å². The number of hydrogen-bond donors (Lipinski definition) is 0. The molecule has 1 aliphatic carbocycles. The Morgan fingerprint density at radius 1 is 1.05 bits per heavy atom. The lowest BCUT2D eigenvalue weighted by Gasteiger charge is -2.45. The van der Waals surface area contributed by atoms with E-state index in [-0.39, 0.29) is 35.1 Å². The Bertz CT molecular complexity index is 1520. The summed E-state index contributed by atoms with van der Waals surface area (Å²) < 4.78 is 44.2. The average Bonchev–Trinajstić information content (AvgIpc) is 3.28. The van der Waals surface area contributed by atoms with E-state index >= 15 is 0 Å². The summed E-state index contributed by atoms with van der Waals surface area (Å²) in [7, 11) is -0.414. The number of carbonyl (C=O) groups excluding carboxylic acids is 1. The molecule has 2 heterocycles. The van der Waals surface area contributed by atoms with Crippen molar-refractivity contribution in [1.82, 2.24) is 19.0 Å². The molecule has 7 nitrogen and oxygen atoms in total. The number of piperidine rings is 1. The highest BCUT2D eigenvalue weighted by molar-refractivity contribution is 7.89. The zero-order valence-corrected chi connectivity index (χ0v) is 23.2. The molecule has 3 aromatic rings. The van der Waals surface area contributed by atoms with Crippen molar-refractivity contribution in [3.63, 3.8) is 0 Å². The lowest BCUT2D eigenvalue weighted by Crippen LogP contribution is -2.56. The molecular formula is C29H33FN4O3S. The SMILES string of the molecule is CN(C)C(=O)[C@]12Cc3cnn(-c4ccc(F)cc4)c3C=C1CCN(S(=O)(=O)c1ccc(C(C)(C)C)cc1)C2. The Balaban J connectivity index is 1.53. The van der Waals surface area contributed by atoms with Gasteiger partial charge in [-0.05, 0) is 77.4 Å². The first kappa shape index (κ1) is 26.3. The summed E-state index contributed by atoms with van der Waals surface area (Å²) in [5, 5.41) is 4.53. The molecule has 0 bridgehead atoms. The third-order valence-corrected chi connectivity index (χ3v) is 9.49. The van der Waals surface area contributed by atoms with Crippen molar-refractivity contribution >= 4 is 22.0 Å². The molecule has 0 radical (unpaired) electrons. The zero-order chi connectivity index (χ0) is 27.5. The summed E-state index contributed by atoms with van der Waals surface area (Å²) in [6.07, 6.45) is 4.45. The number of halogens is 1. The van der Waals surface area contributed by atoms with Gasteiger partial charge in [0.1, 0.15) is 5.82 Å². The van der Waals surface area contributed by atoms with Gasteiger partial charge in [-0.15, -0.1) is 0 Å². The van der Waals surface area contributed by atoms with E-state index in [9.17, 15) is 17.6 Å². The summed E-state index contributed by atoms with van der Waals surface area (Å²) in [5.41, 5.74) is 3.23. The van der Waals surface area contributed by atoms with Crippen LogP contribution in [0.4, 0.5) is 4.39 Å². The van der Waals surface area contributed by atoms with Gasteiger partial charge in [0.15, 0.2) is 0 Å².